The highest BCUT2D eigenvalue weighted by atomic mass is 19.4. The quantitative estimate of drug-likeness (QED) is 0.386. The van der Waals surface area contributed by atoms with Crippen molar-refractivity contribution in [1.29, 1.82) is 0 Å². The van der Waals surface area contributed by atoms with Crippen LogP contribution in [0.1, 0.15) is 0 Å². The van der Waals surface area contributed by atoms with Gasteiger partial charge in [-0.25, -0.2) is 4.79 Å². The minimum atomic E-state index is -5.39. The van der Waals surface area contributed by atoms with Crippen LogP contribution >= 0.6 is 0 Å². The predicted octanol–water partition coefficient (Wildman–Crippen LogP) is 2.21. The highest BCUT2D eigenvalue weighted by Crippen LogP contribution is 2.30. The van der Waals surface area contributed by atoms with Crippen LogP contribution < -0.4 is 0 Å². The van der Waals surface area contributed by atoms with Crippen LogP contribution in [0.4, 0.5) is 26.3 Å². The van der Waals surface area contributed by atoms with Crippen LogP contribution in [0.25, 0.3) is 0 Å². The number of carbonyl (C=O) groups is 1. The zero-order valence-corrected chi connectivity index (χ0v) is 6.66. The number of rotatable bonds is 1. The second kappa shape index (κ2) is 3.89. The van der Waals surface area contributed by atoms with E-state index < -0.39 is 30.0 Å². The second-order valence-electron chi connectivity index (χ2n) is 2.09. The van der Waals surface area contributed by atoms with Gasteiger partial charge < -0.3 is 4.74 Å². The monoisotopic (exact) mass is 222 g/mol. The first-order valence-electron chi connectivity index (χ1n) is 3.03. The van der Waals surface area contributed by atoms with Crippen molar-refractivity contribution in [3.63, 3.8) is 0 Å². The molecule has 0 aromatic heterocycles. The van der Waals surface area contributed by atoms with E-state index in [1.54, 1.807) is 0 Å². The Morgan fingerprint density at radius 3 is 1.79 bits per heavy atom. The highest BCUT2D eigenvalue weighted by molar-refractivity contribution is 5.89. The van der Waals surface area contributed by atoms with Crippen molar-refractivity contribution in [3.8, 4) is 0 Å². The van der Waals surface area contributed by atoms with E-state index in [4.69, 9.17) is 0 Å². The summed E-state index contributed by atoms with van der Waals surface area (Å²) in [5, 5.41) is 0. The second-order valence-corrected chi connectivity index (χ2v) is 2.09. The Balaban J connectivity index is 5.13. The number of halogens is 6. The summed E-state index contributed by atoms with van der Waals surface area (Å²) in [6, 6.07) is 0. The topological polar surface area (TPSA) is 26.3 Å². The molecule has 0 aliphatic rings. The first-order valence-corrected chi connectivity index (χ1v) is 3.03. The van der Waals surface area contributed by atoms with Gasteiger partial charge in [-0.05, 0) is 0 Å². The third kappa shape index (κ3) is 4.15. The molecule has 0 fully saturated rings. The summed E-state index contributed by atoms with van der Waals surface area (Å²) in [6.45, 7) is 0. The fourth-order valence-corrected chi connectivity index (χ4v) is 0.530. The molecule has 0 radical (unpaired) electrons. The van der Waals surface area contributed by atoms with E-state index in [1.807, 2.05) is 0 Å². The van der Waals surface area contributed by atoms with Crippen LogP contribution in [0.5, 0.6) is 0 Å². The number of methoxy groups -OCH3 is 1. The molecule has 0 unspecified atom stereocenters. The lowest BCUT2D eigenvalue weighted by molar-refractivity contribution is -0.150. The van der Waals surface area contributed by atoms with Crippen molar-refractivity contribution in [2.75, 3.05) is 7.11 Å². The molecule has 0 heterocycles. The summed E-state index contributed by atoms with van der Waals surface area (Å²) in [7, 11) is 0.554. The third-order valence-electron chi connectivity index (χ3n) is 1.02. The van der Waals surface area contributed by atoms with Gasteiger partial charge in [-0.15, -0.1) is 0 Å². The maximum atomic E-state index is 11.8. The summed E-state index contributed by atoms with van der Waals surface area (Å²) in [5.74, 6) is -2.07. The molecular weight excluding hydrogens is 218 g/mol. The first kappa shape index (κ1) is 12.8. The number of hydrogen-bond donors (Lipinski definition) is 0. The van der Waals surface area contributed by atoms with E-state index >= 15 is 0 Å². The zero-order valence-electron chi connectivity index (χ0n) is 6.66. The first-order chi connectivity index (χ1) is 6.08. The average molecular weight is 222 g/mol. The SMILES string of the molecule is COC(=O)C(=CC(F)(F)F)C(F)(F)F. The van der Waals surface area contributed by atoms with Gasteiger partial charge in [0.15, 0.2) is 0 Å². The van der Waals surface area contributed by atoms with Crippen LogP contribution in [0, 0.1) is 0 Å². The Bertz CT molecular complexity index is 248. The van der Waals surface area contributed by atoms with Crippen molar-refractivity contribution in [2.45, 2.75) is 12.4 Å². The summed E-state index contributed by atoms with van der Waals surface area (Å²) in [6.07, 6.45) is -11.7. The van der Waals surface area contributed by atoms with Gasteiger partial charge in [0.25, 0.3) is 0 Å². The van der Waals surface area contributed by atoms with Crippen molar-refractivity contribution >= 4 is 5.97 Å². The van der Waals surface area contributed by atoms with Crippen LogP contribution in [-0.4, -0.2) is 25.4 Å². The molecule has 0 spiro atoms. The van der Waals surface area contributed by atoms with Gasteiger partial charge in [-0.1, -0.05) is 0 Å². The molecule has 0 aliphatic heterocycles. The lowest BCUT2D eigenvalue weighted by Crippen LogP contribution is -2.23. The van der Waals surface area contributed by atoms with Crippen molar-refractivity contribution < 1.29 is 35.9 Å². The lowest BCUT2D eigenvalue weighted by atomic mass is 10.2. The Labute approximate surface area is 74.1 Å². The van der Waals surface area contributed by atoms with Gasteiger partial charge in [0.05, 0.1) is 7.11 Å². The van der Waals surface area contributed by atoms with E-state index in [0.29, 0.717) is 7.11 Å². The molecule has 0 aliphatic carbocycles. The van der Waals surface area contributed by atoms with Crippen molar-refractivity contribution in [1.82, 2.24) is 0 Å². The van der Waals surface area contributed by atoms with E-state index in [9.17, 15) is 31.1 Å². The van der Waals surface area contributed by atoms with Crippen LogP contribution in [0.15, 0.2) is 11.6 Å². The molecule has 0 aromatic rings. The molecule has 0 atom stereocenters. The fourth-order valence-electron chi connectivity index (χ4n) is 0.530. The van der Waals surface area contributed by atoms with Crippen molar-refractivity contribution in [3.05, 3.63) is 11.6 Å². The van der Waals surface area contributed by atoms with Crippen LogP contribution in [0.2, 0.25) is 0 Å². The summed E-state index contributed by atoms with van der Waals surface area (Å²) < 4.78 is 73.7. The minimum Gasteiger partial charge on any atom is -0.465 e. The molecule has 82 valence electrons. The minimum absolute atomic E-state index is 0.554. The smallest absolute Gasteiger partial charge is 0.423 e. The molecule has 0 N–H and O–H groups in total. The van der Waals surface area contributed by atoms with E-state index in [0.717, 1.165) is 0 Å². The number of esters is 1. The average Bonchev–Trinajstić information content (AvgIpc) is 1.95. The Kier molecular flexibility index (Phi) is 3.55. The molecule has 0 rings (SSSR count). The number of hydrogen-bond acceptors (Lipinski definition) is 2. The molecule has 0 amide bonds. The number of ether oxygens (including phenoxy) is 1. The maximum Gasteiger partial charge on any atom is 0.423 e. The highest BCUT2D eigenvalue weighted by Gasteiger charge is 2.43. The van der Waals surface area contributed by atoms with Gasteiger partial charge in [0.2, 0.25) is 0 Å². The zero-order chi connectivity index (χ0) is 11.6. The summed E-state index contributed by atoms with van der Waals surface area (Å²) in [4.78, 5) is 10.3. The standard InChI is InChI=1S/C6H4F6O2/c1-14-4(13)3(6(10,11)12)2-5(7,8)9/h2H,1H3. The Hall–Kier alpha value is -1.21. The van der Waals surface area contributed by atoms with Crippen molar-refractivity contribution in [2.24, 2.45) is 0 Å². The third-order valence-corrected chi connectivity index (χ3v) is 1.02. The molecule has 2 nitrogen and oxygen atoms in total. The molecule has 14 heavy (non-hydrogen) atoms. The molecular formula is C6H4F6O2. The lowest BCUT2D eigenvalue weighted by Gasteiger charge is -2.10. The fraction of sp³-hybridized carbons (Fsp3) is 0.500. The van der Waals surface area contributed by atoms with Crippen LogP contribution in [0.3, 0.4) is 0 Å². The largest absolute Gasteiger partial charge is 0.465 e. The van der Waals surface area contributed by atoms with Gasteiger partial charge in [0.1, 0.15) is 5.57 Å². The van der Waals surface area contributed by atoms with E-state index in [-0.39, 0.29) is 0 Å². The predicted molar refractivity (Wildman–Crippen MR) is 32.2 cm³/mol. The van der Waals surface area contributed by atoms with Gasteiger partial charge >= 0.3 is 18.3 Å². The van der Waals surface area contributed by atoms with Crippen LogP contribution in [-0.2, 0) is 9.53 Å². The maximum absolute atomic E-state index is 11.8. The number of allylic oxidation sites excluding steroid dienone is 1. The Morgan fingerprint density at radius 1 is 1.14 bits per heavy atom. The Morgan fingerprint density at radius 2 is 1.57 bits per heavy atom. The van der Waals surface area contributed by atoms with Gasteiger partial charge in [-0.3, -0.25) is 0 Å². The normalized spacial score (nSPS) is 14.1. The van der Waals surface area contributed by atoms with E-state index in [1.165, 1.54) is 0 Å². The van der Waals surface area contributed by atoms with Gasteiger partial charge in [0, 0.05) is 6.08 Å². The molecule has 0 bridgehead atoms. The summed E-state index contributed by atoms with van der Waals surface area (Å²) in [5.41, 5.74) is -2.38. The molecule has 8 heteroatoms. The van der Waals surface area contributed by atoms with E-state index in [2.05, 4.69) is 4.74 Å². The number of alkyl halides is 6. The molecule has 0 saturated carbocycles. The van der Waals surface area contributed by atoms with Gasteiger partial charge in [-0.2, -0.15) is 26.3 Å². The molecule has 0 aromatic carbocycles. The summed E-state index contributed by atoms with van der Waals surface area (Å²) >= 11 is 0. The number of carbonyl (C=O) groups excluding carboxylic acids is 1. The molecule has 0 saturated heterocycles.